The van der Waals surface area contributed by atoms with Gasteiger partial charge in [0.25, 0.3) is 0 Å². The average molecular weight is 446 g/mol. The molecule has 9 nitrogen and oxygen atoms in total. The lowest BCUT2D eigenvalue weighted by Gasteiger charge is -2.30. The van der Waals surface area contributed by atoms with Crippen LogP contribution in [-0.2, 0) is 4.79 Å². The predicted octanol–water partition coefficient (Wildman–Crippen LogP) is 3.83. The van der Waals surface area contributed by atoms with Gasteiger partial charge in [-0.2, -0.15) is 0 Å². The Bertz CT molecular complexity index is 1250. The molecule has 0 saturated heterocycles. The number of methoxy groups -OCH3 is 1. The highest BCUT2D eigenvalue weighted by Crippen LogP contribution is 2.45. The third-order valence-corrected chi connectivity index (χ3v) is 6.32. The van der Waals surface area contributed by atoms with Gasteiger partial charge in [0.2, 0.25) is 11.6 Å². The third kappa shape index (κ3) is 3.45. The van der Waals surface area contributed by atoms with Crippen LogP contribution in [0.15, 0.2) is 58.4 Å². The number of Topliss-reactive ketones (excluding diaryl/α,β-unsaturated/α-hetero) is 1. The van der Waals surface area contributed by atoms with Crippen LogP contribution in [0.1, 0.15) is 35.9 Å². The smallest absolute Gasteiger partial charge is 0.219 e. The van der Waals surface area contributed by atoms with E-state index in [2.05, 4.69) is 20.9 Å². The summed E-state index contributed by atoms with van der Waals surface area (Å²) in [6, 6.07) is 13.2. The quantitative estimate of drug-likeness (QED) is 0.620. The number of carbonyl (C=O) groups excluding carboxylic acids is 1. The number of ketones is 1. The van der Waals surface area contributed by atoms with Crippen LogP contribution in [0.25, 0.3) is 0 Å². The molecule has 0 fully saturated rings. The first-order chi connectivity index (χ1) is 16.2. The van der Waals surface area contributed by atoms with Crippen molar-refractivity contribution >= 4 is 17.4 Å². The fraction of sp³-hybridized carbons (Fsp3) is 0.292. The summed E-state index contributed by atoms with van der Waals surface area (Å²) in [7, 11) is 1.64. The Morgan fingerprint density at radius 3 is 2.52 bits per heavy atom. The highest BCUT2D eigenvalue weighted by molar-refractivity contribution is 6.00. The molecule has 1 aliphatic carbocycles. The van der Waals surface area contributed by atoms with Gasteiger partial charge >= 0.3 is 0 Å². The number of anilines is 2. The molecule has 3 aromatic rings. The van der Waals surface area contributed by atoms with E-state index >= 15 is 0 Å². The summed E-state index contributed by atoms with van der Waals surface area (Å²) in [5.74, 6) is 3.18. The van der Waals surface area contributed by atoms with E-state index < -0.39 is 6.04 Å². The maximum absolute atomic E-state index is 13.6. The fourth-order valence-corrected chi connectivity index (χ4v) is 4.70. The Labute approximate surface area is 189 Å². The van der Waals surface area contributed by atoms with Crippen molar-refractivity contribution < 1.29 is 23.6 Å². The van der Waals surface area contributed by atoms with Gasteiger partial charge in [-0.1, -0.05) is 18.2 Å². The zero-order valence-corrected chi connectivity index (χ0v) is 18.0. The van der Waals surface area contributed by atoms with Crippen molar-refractivity contribution in [3.8, 4) is 17.2 Å². The molecular formula is C24H22N4O5. The molecule has 168 valence electrons. The van der Waals surface area contributed by atoms with Crippen molar-refractivity contribution in [2.75, 3.05) is 31.0 Å². The highest BCUT2D eigenvalue weighted by atomic mass is 16.6. The average Bonchev–Trinajstić information content (AvgIpc) is 3.22. The second-order valence-electron chi connectivity index (χ2n) is 8.26. The number of benzene rings is 2. The molecule has 6 rings (SSSR count). The number of nitrogens with one attached hydrogen (secondary N) is 2. The molecule has 2 atom stereocenters. The summed E-state index contributed by atoms with van der Waals surface area (Å²) >= 11 is 0. The van der Waals surface area contributed by atoms with E-state index in [4.69, 9.17) is 18.8 Å². The number of hydrogen-bond donors (Lipinski definition) is 2. The van der Waals surface area contributed by atoms with Gasteiger partial charge in [0.05, 0.1) is 13.2 Å². The molecule has 0 amide bonds. The Morgan fingerprint density at radius 2 is 1.70 bits per heavy atom. The zero-order chi connectivity index (χ0) is 22.4. The van der Waals surface area contributed by atoms with Crippen molar-refractivity contribution in [3.05, 3.63) is 64.9 Å². The number of hydrogen-bond acceptors (Lipinski definition) is 9. The largest absolute Gasteiger partial charge is 0.497 e. The lowest BCUT2D eigenvalue weighted by atomic mass is 9.78. The van der Waals surface area contributed by atoms with Crippen LogP contribution in [0.2, 0.25) is 0 Å². The molecule has 0 radical (unpaired) electrons. The minimum absolute atomic E-state index is 0.0389. The number of rotatable bonds is 3. The van der Waals surface area contributed by atoms with E-state index in [1.54, 1.807) is 7.11 Å². The van der Waals surface area contributed by atoms with Crippen LogP contribution in [0.3, 0.4) is 0 Å². The second kappa shape index (κ2) is 7.84. The summed E-state index contributed by atoms with van der Waals surface area (Å²) in [6.07, 6.45) is 1.06. The molecule has 2 N–H and O–H groups in total. The standard InChI is InChI=1S/C24H22N4O5/c1-30-16-5-2-13(3-6-16)15-10-17-21(18(29)11-15)22(26-24-23(25-17)27-33-28-24)14-4-7-19-20(12-14)32-9-8-31-19/h2-7,12,15,22H,8-11H2,1H3,(H,25,27)(H,26,28). The van der Waals surface area contributed by atoms with Crippen molar-refractivity contribution in [3.63, 3.8) is 0 Å². The van der Waals surface area contributed by atoms with Gasteiger partial charge in [-0.15, -0.1) is 0 Å². The first-order valence-electron chi connectivity index (χ1n) is 10.9. The Balaban J connectivity index is 1.40. The Hall–Kier alpha value is -4.01. The SMILES string of the molecule is COc1ccc(C2CC(=O)C3=C(C2)Nc2nonc2NC3c2ccc3c(c2)OCCO3)cc1. The molecular weight excluding hydrogens is 424 g/mol. The van der Waals surface area contributed by atoms with Crippen molar-refractivity contribution in [2.24, 2.45) is 0 Å². The minimum Gasteiger partial charge on any atom is -0.497 e. The molecule has 2 aliphatic heterocycles. The third-order valence-electron chi connectivity index (χ3n) is 6.32. The van der Waals surface area contributed by atoms with Gasteiger partial charge in [-0.05, 0) is 58.0 Å². The van der Waals surface area contributed by atoms with Gasteiger partial charge in [0.15, 0.2) is 17.3 Å². The van der Waals surface area contributed by atoms with Crippen molar-refractivity contribution in [2.45, 2.75) is 24.8 Å². The molecule has 0 bridgehead atoms. The number of aromatic nitrogens is 2. The summed E-state index contributed by atoms with van der Waals surface area (Å²) in [6.45, 7) is 1.01. The Kier molecular flexibility index (Phi) is 4.67. The molecule has 3 aliphatic rings. The van der Waals surface area contributed by atoms with Crippen LogP contribution >= 0.6 is 0 Å². The van der Waals surface area contributed by atoms with Crippen LogP contribution < -0.4 is 24.8 Å². The van der Waals surface area contributed by atoms with Gasteiger partial charge < -0.3 is 24.8 Å². The molecule has 1 aromatic heterocycles. The van der Waals surface area contributed by atoms with E-state index in [0.29, 0.717) is 54.8 Å². The summed E-state index contributed by atoms with van der Waals surface area (Å²) in [5, 5.41) is 14.6. The predicted molar refractivity (Wildman–Crippen MR) is 119 cm³/mol. The van der Waals surface area contributed by atoms with Crippen LogP contribution in [0.5, 0.6) is 17.2 Å². The molecule has 2 aromatic carbocycles. The number of fused-ring (bicyclic) bond motifs is 2. The molecule has 2 unspecified atom stereocenters. The van der Waals surface area contributed by atoms with Crippen molar-refractivity contribution in [1.82, 2.24) is 10.3 Å². The summed E-state index contributed by atoms with van der Waals surface area (Å²) in [4.78, 5) is 13.6. The van der Waals surface area contributed by atoms with E-state index in [0.717, 1.165) is 22.6 Å². The van der Waals surface area contributed by atoms with Gasteiger partial charge in [0.1, 0.15) is 19.0 Å². The Morgan fingerprint density at radius 1 is 0.939 bits per heavy atom. The maximum Gasteiger partial charge on any atom is 0.219 e. The minimum atomic E-state index is -0.430. The van der Waals surface area contributed by atoms with Crippen LogP contribution in [0.4, 0.5) is 11.6 Å². The second-order valence-corrected chi connectivity index (χ2v) is 8.26. The monoisotopic (exact) mass is 446 g/mol. The molecule has 0 saturated carbocycles. The van der Waals surface area contributed by atoms with E-state index in [9.17, 15) is 4.79 Å². The maximum atomic E-state index is 13.6. The number of carbonyl (C=O) groups is 1. The number of nitrogens with zero attached hydrogens (tertiary/aromatic N) is 2. The highest BCUT2D eigenvalue weighted by Gasteiger charge is 2.37. The van der Waals surface area contributed by atoms with Gasteiger partial charge in [-0.25, -0.2) is 4.63 Å². The number of ether oxygens (including phenoxy) is 3. The topological polar surface area (TPSA) is 108 Å². The lowest BCUT2D eigenvalue weighted by Crippen LogP contribution is -2.27. The first-order valence-corrected chi connectivity index (χ1v) is 10.9. The molecule has 3 heterocycles. The van der Waals surface area contributed by atoms with E-state index in [-0.39, 0.29) is 11.7 Å². The first kappa shape index (κ1) is 19.7. The number of allylic oxidation sites excluding steroid dienone is 1. The molecule has 9 heteroatoms. The molecule has 0 spiro atoms. The fourth-order valence-electron chi connectivity index (χ4n) is 4.70. The normalized spacial score (nSPS) is 21.3. The summed E-state index contributed by atoms with van der Waals surface area (Å²) < 4.78 is 21.7. The van der Waals surface area contributed by atoms with Crippen LogP contribution in [0, 0.1) is 0 Å². The van der Waals surface area contributed by atoms with Gasteiger partial charge in [0, 0.05) is 17.7 Å². The van der Waals surface area contributed by atoms with Crippen molar-refractivity contribution in [1.29, 1.82) is 0 Å². The van der Waals surface area contributed by atoms with Gasteiger partial charge in [-0.3, -0.25) is 4.79 Å². The summed E-state index contributed by atoms with van der Waals surface area (Å²) in [5.41, 5.74) is 3.45. The lowest BCUT2D eigenvalue weighted by molar-refractivity contribution is -0.116. The van der Waals surface area contributed by atoms with E-state index in [1.807, 2.05) is 42.5 Å². The van der Waals surface area contributed by atoms with E-state index in [1.165, 1.54) is 0 Å². The van der Waals surface area contributed by atoms with Crippen LogP contribution in [-0.4, -0.2) is 36.4 Å². The molecule has 33 heavy (non-hydrogen) atoms. The zero-order valence-electron chi connectivity index (χ0n) is 18.0.